The lowest BCUT2D eigenvalue weighted by molar-refractivity contribution is -0.145. The summed E-state index contributed by atoms with van der Waals surface area (Å²) in [6.07, 6.45) is 1.86. The third kappa shape index (κ3) is 4.00. The second-order valence-corrected chi connectivity index (χ2v) is 5.98. The van der Waals surface area contributed by atoms with Gasteiger partial charge in [0.1, 0.15) is 5.75 Å². The predicted octanol–water partition coefficient (Wildman–Crippen LogP) is 4.42. The highest BCUT2D eigenvalue weighted by molar-refractivity contribution is 7.13. The third-order valence-corrected chi connectivity index (χ3v) is 4.28. The molecule has 122 valence electrons. The number of nitrogens with zero attached hydrogens (tertiary/aromatic N) is 1. The monoisotopic (exact) mass is 339 g/mol. The third-order valence-electron chi connectivity index (χ3n) is 3.39. The number of carbonyl (C=O) groups is 1. The van der Waals surface area contributed by atoms with Gasteiger partial charge in [-0.3, -0.25) is 4.98 Å². The van der Waals surface area contributed by atoms with Crippen LogP contribution in [0, 0.1) is 0 Å². The standard InChI is InChI=1S/C19H17NO3S/c1-2-22-19(21)13-23-16-8-5-14(6-9-16)15-7-10-17(20-12-15)18-4-3-11-24-18/h3-12H,2,13H2,1H3. The summed E-state index contributed by atoms with van der Waals surface area (Å²) in [7, 11) is 0. The molecule has 0 fully saturated rings. The number of carbonyl (C=O) groups excluding carboxylic acids is 1. The average Bonchev–Trinajstić information content (AvgIpc) is 3.16. The molecule has 2 heterocycles. The maximum atomic E-state index is 11.3. The summed E-state index contributed by atoms with van der Waals surface area (Å²) in [5.41, 5.74) is 3.05. The highest BCUT2D eigenvalue weighted by Crippen LogP contribution is 2.26. The van der Waals surface area contributed by atoms with Crippen molar-refractivity contribution in [3.63, 3.8) is 0 Å². The van der Waals surface area contributed by atoms with E-state index >= 15 is 0 Å². The molecule has 3 aromatic rings. The number of benzene rings is 1. The van der Waals surface area contributed by atoms with E-state index in [2.05, 4.69) is 17.1 Å². The van der Waals surface area contributed by atoms with E-state index in [1.807, 2.05) is 48.0 Å². The smallest absolute Gasteiger partial charge is 0.344 e. The Balaban J connectivity index is 1.66. The van der Waals surface area contributed by atoms with Crippen LogP contribution in [0.2, 0.25) is 0 Å². The minimum atomic E-state index is -0.366. The Labute approximate surface area is 144 Å². The van der Waals surface area contributed by atoms with E-state index in [4.69, 9.17) is 9.47 Å². The topological polar surface area (TPSA) is 48.4 Å². The molecule has 0 saturated heterocycles. The molecule has 0 spiro atoms. The second kappa shape index (κ2) is 7.75. The first-order valence-electron chi connectivity index (χ1n) is 7.65. The molecule has 0 bridgehead atoms. The highest BCUT2D eigenvalue weighted by Gasteiger charge is 2.05. The average molecular weight is 339 g/mol. The highest BCUT2D eigenvalue weighted by atomic mass is 32.1. The molecule has 5 heteroatoms. The van der Waals surface area contributed by atoms with Gasteiger partial charge >= 0.3 is 5.97 Å². The molecule has 4 nitrogen and oxygen atoms in total. The zero-order valence-corrected chi connectivity index (χ0v) is 14.1. The summed E-state index contributed by atoms with van der Waals surface area (Å²) in [5, 5.41) is 2.04. The molecule has 0 aliphatic rings. The van der Waals surface area contributed by atoms with Gasteiger partial charge in [-0.05, 0) is 42.1 Å². The van der Waals surface area contributed by atoms with Gasteiger partial charge in [0.05, 0.1) is 17.2 Å². The summed E-state index contributed by atoms with van der Waals surface area (Å²) in [5.74, 6) is 0.268. The van der Waals surface area contributed by atoms with Crippen molar-refractivity contribution in [1.82, 2.24) is 4.98 Å². The van der Waals surface area contributed by atoms with Crippen LogP contribution in [0.25, 0.3) is 21.7 Å². The number of esters is 1. The predicted molar refractivity (Wildman–Crippen MR) is 95.1 cm³/mol. The first-order valence-corrected chi connectivity index (χ1v) is 8.53. The number of thiophene rings is 1. The van der Waals surface area contributed by atoms with Crippen LogP contribution in [0.3, 0.4) is 0 Å². The number of ether oxygens (including phenoxy) is 2. The van der Waals surface area contributed by atoms with E-state index in [0.717, 1.165) is 21.7 Å². The van der Waals surface area contributed by atoms with Crippen LogP contribution in [0.4, 0.5) is 0 Å². The fraction of sp³-hybridized carbons (Fsp3) is 0.158. The Hall–Kier alpha value is -2.66. The molecule has 2 aromatic heterocycles. The van der Waals surface area contributed by atoms with Gasteiger partial charge in [-0.2, -0.15) is 0 Å². The fourth-order valence-electron chi connectivity index (χ4n) is 2.22. The van der Waals surface area contributed by atoms with E-state index in [9.17, 15) is 4.79 Å². The molecule has 0 N–H and O–H groups in total. The Morgan fingerprint density at radius 2 is 1.88 bits per heavy atom. The lowest BCUT2D eigenvalue weighted by Crippen LogP contribution is -2.14. The minimum absolute atomic E-state index is 0.0791. The normalized spacial score (nSPS) is 10.4. The molecule has 0 amide bonds. The lowest BCUT2D eigenvalue weighted by Gasteiger charge is -2.07. The van der Waals surface area contributed by atoms with Gasteiger partial charge in [0, 0.05) is 11.8 Å². The Bertz CT molecular complexity index is 780. The molecule has 0 aliphatic carbocycles. The van der Waals surface area contributed by atoms with E-state index in [1.54, 1.807) is 18.3 Å². The van der Waals surface area contributed by atoms with Gasteiger partial charge in [0.15, 0.2) is 6.61 Å². The summed E-state index contributed by atoms with van der Waals surface area (Å²) in [6, 6.07) is 15.7. The zero-order chi connectivity index (χ0) is 16.8. The first kappa shape index (κ1) is 16.2. The largest absolute Gasteiger partial charge is 0.482 e. The van der Waals surface area contributed by atoms with E-state index in [1.165, 1.54) is 0 Å². The number of aromatic nitrogens is 1. The van der Waals surface area contributed by atoms with Gasteiger partial charge in [-0.25, -0.2) is 4.79 Å². The fourth-order valence-corrected chi connectivity index (χ4v) is 2.93. The van der Waals surface area contributed by atoms with Gasteiger partial charge in [0.2, 0.25) is 0 Å². The van der Waals surface area contributed by atoms with E-state index in [0.29, 0.717) is 12.4 Å². The quantitative estimate of drug-likeness (QED) is 0.624. The van der Waals surface area contributed by atoms with Crippen molar-refractivity contribution < 1.29 is 14.3 Å². The molecule has 0 saturated carbocycles. The zero-order valence-electron chi connectivity index (χ0n) is 13.3. The number of hydrogen-bond acceptors (Lipinski definition) is 5. The molecule has 1 aromatic carbocycles. The number of hydrogen-bond donors (Lipinski definition) is 0. The van der Waals surface area contributed by atoms with Crippen molar-refractivity contribution in [2.45, 2.75) is 6.92 Å². The maximum Gasteiger partial charge on any atom is 0.344 e. The molecule has 0 aliphatic heterocycles. The first-order chi connectivity index (χ1) is 11.8. The SMILES string of the molecule is CCOC(=O)COc1ccc(-c2ccc(-c3cccs3)nc2)cc1. The van der Waals surface area contributed by atoms with Crippen LogP contribution >= 0.6 is 11.3 Å². The Morgan fingerprint density at radius 1 is 1.08 bits per heavy atom. The van der Waals surface area contributed by atoms with Crippen molar-refractivity contribution in [3.8, 4) is 27.4 Å². The van der Waals surface area contributed by atoms with Crippen molar-refractivity contribution in [1.29, 1.82) is 0 Å². The van der Waals surface area contributed by atoms with Crippen LogP contribution in [-0.2, 0) is 9.53 Å². The van der Waals surface area contributed by atoms with Crippen LogP contribution in [0.15, 0.2) is 60.1 Å². The molecule has 24 heavy (non-hydrogen) atoms. The molecule has 3 rings (SSSR count). The molecule has 0 radical (unpaired) electrons. The van der Waals surface area contributed by atoms with Crippen molar-refractivity contribution in [2.24, 2.45) is 0 Å². The molecule has 0 atom stereocenters. The summed E-state index contributed by atoms with van der Waals surface area (Å²) in [4.78, 5) is 17.0. The van der Waals surface area contributed by atoms with Gasteiger partial charge in [-0.15, -0.1) is 11.3 Å². The number of rotatable bonds is 6. The summed E-state index contributed by atoms with van der Waals surface area (Å²) >= 11 is 1.67. The maximum absolute atomic E-state index is 11.3. The Kier molecular flexibility index (Phi) is 5.23. The van der Waals surface area contributed by atoms with Gasteiger partial charge < -0.3 is 9.47 Å². The van der Waals surface area contributed by atoms with Crippen LogP contribution in [0.5, 0.6) is 5.75 Å². The van der Waals surface area contributed by atoms with E-state index in [-0.39, 0.29) is 12.6 Å². The minimum Gasteiger partial charge on any atom is -0.482 e. The van der Waals surface area contributed by atoms with Gasteiger partial charge in [0.25, 0.3) is 0 Å². The van der Waals surface area contributed by atoms with Crippen molar-refractivity contribution in [2.75, 3.05) is 13.2 Å². The molecular weight excluding hydrogens is 322 g/mol. The van der Waals surface area contributed by atoms with Crippen molar-refractivity contribution >= 4 is 17.3 Å². The van der Waals surface area contributed by atoms with Gasteiger partial charge in [-0.1, -0.05) is 24.3 Å². The second-order valence-electron chi connectivity index (χ2n) is 5.03. The van der Waals surface area contributed by atoms with E-state index < -0.39 is 0 Å². The molecule has 0 unspecified atom stereocenters. The van der Waals surface area contributed by atoms with Crippen LogP contribution in [-0.4, -0.2) is 24.2 Å². The lowest BCUT2D eigenvalue weighted by atomic mass is 10.1. The summed E-state index contributed by atoms with van der Waals surface area (Å²) < 4.78 is 10.2. The van der Waals surface area contributed by atoms with Crippen molar-refractivity contribution in [3.05, 3.63) is 60.1 Å². The van der Waals surface area contributed by atoms with Crippen LogP contribution in [0.1, 0.15) is 6.92 Å². The molecular formula is C19H17NO3S. The van der Waals surface area contributed by atoms with Crippen LogP contribution < -0.4 is 4.74 Å². The Morgan fingerprint density at radius 3 is 2.50 bits per heavy atom. The summed E-state index contributed by atoms with van der Waals surface area (Å²) in [6.45, 7) is 2.05. The number of pyridine rings is 1.